The van der Waals surface area contributed by atoms with Gasteiger partial charge in [-0.25, -0.2) is 10.4 Å². The zero-order valence-corrected chi connectivity index (χ0v) is 9.85. The maximum Gasteiger partial charge on any atom is 0.128 e. The van der Waals surface area contributed by atoms with Gasteiger partial charge in [0.05, 0.1) is 6.04 Å². The number of hydrogen-bond donors (Lipinski definition) is 3. The highest BCUT2D eigenvalue weighted by Gasteiger charge is 2.15. The van der Waals surface area contributed by atoms with Crippen LogP contribution in [0.15, 0.2) is 42.6 Å². The maximum absolute atomic E-state index is 5.85. The molecule has 0 fully saturated rings. The summed E-state index contributed by atoms with van der Waals surface area (Å²) in [7, 11) is 0. The topological polar surface area (TPSA) is 77.0 Å². The van der Waals surface area contributed by atoms with Crippen LogP contribution in [0.25, 0.3) is 0 Å². The lowest BCUT2D eigenvalue weighted by molar-refractivity contribution is 0.637. The van der Waals surface area contributed by atoms with Crippen molar-refractivity contribution in [1.82, 2.24) is 10.4 Å². The number of nitrogens with zero attached hydrogens (tertiary/aromatic N) is 1. The van der Waals surface area contributed by atoms with Gasteiger partial charge in [-0.15, -0.1) is 0 Å². The predicted molar refractivity (Wildman–Crippen MR) is 69.3 cm³/mol. The van der Waals surface area contributed by atoms with Crippen LogP contribution in [0, 0.1) is 0 Å². The molecule has 5 heteroatoms. The molecule has 1 heterocycles. The molecular weight excluding hydrogens is 236 g/mol. The molecule has 1 aromatic heterocycles. The van der Waals surface area contributed by atoms with Crippen LogP contribution in [0.5, 0.6) is 0 Å². The van der Waals surface area contributed by atoms with Crippen LogP contribution in [0.3, 0.4) is 0 Å². The van der Waals surface area contributed by atoms with E-state index in [2.05, 4.69) is 10.4 Å². The lowest BCUT2D eigenvalue weighted by atomic mass is 10.00. The van der Waals surface area contributed by atoms with E-state index in [0.717, 1.165) is 11.1 Å². The number of aromatic nitrogens is 1. The van der Waals surface area contributed by atoms with Gasteiger partial charge in [0.15, 0.2) is 0 Å². The van der Waals surface area contributed by atoms with Crippen molar-refractivity contribution in [2.75, 3.05) is 5.73 Å². The third-order valence-electron chi connectivity index (χ3n) is 2.55. The van der Waals surface area contributed by atoms with E-state index in [1.54, 1.807) is 6.20 Å². The van der Waals surface area contributed by atoms with Crippen LogP contribution in [0.4, 0.5) is 5.82 Å². The molecule has 4 nitrogen and oxygen atoms in total. The van der Waals surface area contributed by atoms with E-state index < -0.39 is 0 Å². The van der Waals surface area contributed by atoms with E-state index in [1.807, 2.05) is 36.4 Å². The molecule has 2 rings (SSSR count). The molecule has 17 heavy (non-hydrogen) atoms. The number of benzene rings is 1. The first-order valence-corrected chi connectivity index (χ1v) is 5.52. The van der Waals surface area contributed by atoms with Crippen molar-refractivity contribution in [3.05, 3.63) is 58.7 Å². The molecule has 1 atom stereocenters. The molecule has 0 aliphatic rings. The van der Waals surface area contributed by atoms with Crippen LogP contribution in [0.1, 0.15) is 17.2 Å². The van der Waals surface area contributed by atoms with Crippen LogP contribution < -0.4 is 17.0 Å². The summed E-state index contributed by atoms with van der Waals surface area (Å²) in [4.78, 5) is 4.05. The Morgan fingerprint density at radius 2 is 1.88 bits per heavy atom. The lowest BCUT2D eigenvalue weighted by Gasteiger charge is -2.17. The minimum Gasteiger partial charge on any atom is -0.383 e. The molecule has 88 valence electrons. The zero-order chi connectivity index (χ0) is 12.3. The van der Waals surface area contributed by atoms with Crippen LogP contribution in [-0.4, -0.2) is 4.98 Å². The minimum atomic E-state index is -0.194. The van der Waals surface area contributed by atoms with Gasteiger partial charge >= 0.3 is 0 Å². The Morgan fingerprint density at radius 3 is 2.47 bits per heavy atom. The molecule has 0 amide bonds. The van der Waals surface area contributed by atoms with Crippen molar-refractivity contribution in [2.24, 2.45) is 5.84 Å². The average molecular weight is 249 g/mol. The van der Waals surface area contributed by atoms with E-state index in [9.17, 15) is 0 Å². The number of nitrogens with one attached hydrogen (secondary N) is 1. The lowest BCUT2D eigenvalue weighted by Crippen LogP contribution is -2.29. The van der Waals surface area contributed by atoms with Gasteiger partial charge in [0.2, 0.25) is 0 Å². The zero-order valence-electron chi connectivity index (χ0n) is 9.10. The molecule has 0 aliphatic heterocycles. The second-order valence-corrected chi connectivity index (χ2v) is 4.07. The Hall–Kier alpha value is -1.62. The largest absolute Gasteiger partial charge is 0.383 e. The first kappa shape index (κ1) is 11.9. The Bertz CT molecular complexity index is 498. The molecule has 5 N–H and O–H groups in total. The molecule has 0 saturated carbocycles. The van der Waals surface area contributed by atoms with Crippen LogP contribution in [-0.2, 0) is 0 Å². The second kappa shape index (κ2) is 5.14. The summed E-state index contributed by atoms with van der Waals surface area (Å²) < 4.78 is 0. The summed E-state index contributed by atoms with van der Waals surface area (Å²) >= 11 is 5.85. The SMILES string of the molecule is NNC(c1ccc(Cl)cc1)c1cccnc1N. The van der Waals surface area contributed by atoms with Gasteiger partial charge in [0.25, 0.3) is 0 Å². The summed E-state index contributed by atoms with van der Waals surface area (Å²) in [5.41, 5.74) is 10.4. The molecule has 0 aliphatic carbocycles. The average Bonchev–Trinajstić information content (AvgIpc) is 2.35. The standard InChI is InChI=1S/C12H13ClN4/c13-9-5-3-8(4-6-9)11(17-15)10-2-1-7-16-12(10)14/h1-7,11,17H,15H2,(H2,14,16). The quantitative estimate of drug-likeness (QED) is 0.573. The Kier molecular flexibility index (Phi) is 3.58. The first-order valence-electron chi connectivity index (χ1n) is 5.14. The first-order chi connectivity index (χ1) is 8.22. The predicted octanol–water partition coefficient (Wildman–Crippen LogP) is 1.87. The molecule has 2 aromatic rings. The molecular formula is C12H13ClN4. The third kappa shape index (κ3) is 2.55. The number of nitrogens with two attached hydrogens (primary N) is 2. The highest BCUT2D eigenvalue weighted by molar-refractivity contribution is 6.30. The van der Waals surface area contributed by atoms with Crippen molar-refractivity contribution < 1.29 is 0 Å². The van der Waals surface area contributed by atoms with Crippen molar-refractivity contribution in [1.29, 1.82) is 0 Å². The van der Waals surface area contributed by atoms with Crippen molar-refractivity contribution in [2.45, 2.75) is 6.04 Å². The highest BCUT2D eigenvalue weighted by Crippen LogP contribution is 2.25. The number of nitrogen functional groups attached to an aromatic ring is 1. The molecule has 0 spiro atoms. The molecule has 0 bridgehead atoms. The summed E-state index contributed by atoms with van der Waals surface area (Å²) in [6.07, 6.45) is 1.65. The Labute approximate surface area is 105 Å². The summed E-state index contributed by atoms with van der Waals surface area (Å²) in [6.45, 7) is 0. The smallest absolute Gasteiger partial charge is 0.128 e. The summed E-state index contributed by atoms with van der Waals surface area (Å²) in [5.74, 6) is 6.04. The number of halogens is 1. The van der Waals surface area contributed by atoms with Gasteiger partial charge < -0.3 is 5.73 Å². The van der Waals surface area contributed by atoms with Crippen LogP contribution in [0.2, 0.25) is 5.02 Å². The maximum atomic E-state index is 5.85. The molecule has 1 unspecified atom stereocenters. The van der Waals surface area contributed by atoms with Crippen molar-refractivity contribution >= 4 is 17.4 Å². The summed E-state index contributed by atoms with van der Waals surface area (Å²) in [5, 5.41) is 0.684. The fraction of sp³-hybridized carbons (Fsp3) is 0.0833. The second-order valence-electron chi connectivity index (χ2n) is 3.63. The fourth-order valence-electron chi connectivity index (χ4n) is 1.69. The number of pyridine rings is 1. The van der Waals surface area contributed by atoms with Crippen molar-refractivity contribution in [3.8, 4) is 0 Å². The van der Waals surface area contributed by atoms with E-state index in [0.29, 0.717) is 10.8 Å². The summed E-state index contributed by atoms with van der Waals surface area (Å²) in [6, 6.07) is 11.0. The third-order valence-corrected chi connectivity index (χ3v) is 2.80. The van der Waals surface area contributed by atoms with Gasteiger partial charge in [0.1, 0.15) is 5.82 Å². The van der Waals surface area contributed by atoms with E-state index in [1.165, 1.54) is 0 Å². The molecule has 1 aromatic carbocycles. The van der Waals surface area contributed by atoms with E-state index >= 15 is 0 Å². The van der Waals surface area contributed by atoms with Gasteiger partial charge in [-0.3, -0.25) is 5.84 Å². The van der Waals surface area contributed by atoms with Crippen LogP contribution >= 0.6 is 11.6 Å². The monoisotopic (exact) mass is 248 g/mol. The minimum absolute atomic E-state index is 0.194. The van der Waals surface area contributed by atoms with Gasteiger partial charge in [-0.1, -0.05) is 29.8 Å². The van der Waals surface area contributed by atoms with Gasteiger partial charge in [-0.2, -0.15) is 0 Å². The molecule has 0 radical (unpaired) electrons. The van der Waals surface area contributed by atoms with Gasteiger partial charge in [0, 0.05) is 16.8 Å². The highest BCUT2D eigenvalue weighted by atomic mass is 35.5. The molecule has 0 saturated heterocycles. The number of rotatable bonds is 3. The van der Waals surface area contributed by atoms with E-state index in [4.69, 9.17) is 23.2 Å². The number of anilines is 1. The van der Waals surface area contributed by atoms with E-state index in [-0.39, 0.29) is 6.04 Å². The Balaban J connectivity index is 2.40. The Morgan fingerprint density at radius 1 is 1.18 bits per heavy atom. The number of hydrazine groups is 1. The number of hydrogen-bond acceptors (Lipinski definition) is 4. The normalized spacial score (nSPS) is 12.4. The van der Waals surface area contributed by atoms with Gasteiger partial charge in [-0.05, 0) is 23.8 Å². The fourth-order valence-corrected chi connectivity index (χ4v) is 1.82. The van der Waals surface area contributed by atoms with Crippen molar-refractivity contribution in [3.63, 3.8) is 0 Å².